The molecule has 1 fully saturated rings. The van der Waals surface area contributed by atoms with E-state index in [4.69, 9.17) is 16.6 Å². The lowest BCUT2D eigenvalue weighted by Gasteiger charge is -2.50. The molecule has 166 valence electrons. The number of hydrogen-bond donors (Lipinski definition) is 1. The van der Waals surface area contributed by atoms with Crippen LogP contribution in [0.4, 0.5) is 11.4 Å². The molecule has 3 heterocycles. The predicted molar refractivity (Wildman–Crippen MR) is 131 cm³/mol. The van der Waals surface area contributed by atoms with Gasteiger partial charge in [0.1, 0.15) is 11.0 Å². The molecule has 0 radical (unpaired) electrons. The monoisotopic (exact) mass is 440 g/mol. The van der Waals surface area contributed by atoms with Gasteiger partial charge in [-0.25, -0.2) is 4.98 Å². The first-order valence-electron chi connectivity index (χ1n) is 11.0. The Bertz CT molecular complexity index is 949. The molecule has 0 bridgehead atoms. The first-order chi connectivity index (χ1) is 14.9. The van der Waals surface area contributed by atoms with Gasteiger partial charge in [0.25, 0.3) is 0 Å². The number of amidine groups is 1. The van der Waals surface area contributed by atoms with Crippen molar-refractivity contribution >= 4 is 28.8 Å². The maximum atomic E-state index is 6.32. The molecule has 0 unspecified atom stereocenters. The second-order valence-corrected chi connectivity index (χ2v) is 9.51. The number of piperidine rings is 1. The summed E-state index contributed by atoms with van der Waals surface area (Å²) in [5.74, 6) is 1.12. The number of likely N-dealkylation sites (N-methyl/N-ethyl adjacent to an activating group) is 1. The Hall–Kier alpha value is -2.15. The molecule has 7 heteroatoms. The molecule has 0 aliphatic carbocycles. The van der Waals surface area contributed by atoms with Crippen LogP contribution in [0.2, 0.25) is 5.15 Å². The Kier molecular flexibility index (Phi) is 6.51. The van der Waals surface area contributed by atoms with E-state index in [0.717, 1.165) is 56.2 Å². The maximum absolute atomic E-state index is 6.32. The highest BCUT2D eigenvalue weighted by Gasteiger charge is 2.45. The highest BCUT2D eigenvalue weighted by molar-refractivity contribution is 6.30. The van der Waals surface area contributed by atoms with Gasteiger partial charge < -0.3 is 20.0 Å². The lowest BCUT2D eigenvalue weighted by atomic mass is 9.83. The minimum absolute atomic E-state index is 0.189. The minimum Gasteiger partial charge on any atom is -0.370 e. The number of aromatic nitrogens is 1. The van der Waals surface area contributed by atoms with E-state index in [2.05, 4.69) is 77.3 Å². The summed E-state index contributed by atoms with van der Waals surface area (Å²) < 4.78 is 0. The number of aryl methyl sites for hydroxylation is 1. The predicted octanol–water partition coefficient (Wildman–Crippen LogP) is 3.90. The summed E-state index contributed by atoms with van der Waals surface area (Å²) in [6.45, 7) is 6.66. The third kappa shape index (κ3) is 4.86. The van der Waals surface area contributed by atoms with Gasteiger partial charge in [0, 0.05) is 32.2 Å². The molecule has 0 saturated carbocycles. The lowest BCUT2D eigenvalue weighted by Crippen LogP contribution is -2.62. The quantitative estimate of drug-likeness (QED) is 0.714. The number of likely N-dealkylation sites (tertiary alicyclic amines) is 1. The standard InChI is InChI=1S/C24H33ClN6/c1-18-6-5-7-19(14-18)16-27-23-24(8-10-30(4)11-9-24)28-20-17-26-22(25)15-21(20)31(23)13-12-29(2)3/h5-7,14-15,17,28H,8-13,16H2,1-4H3. The van der Waals surface area contributed by atoms with E-state index < -0.39 is 0 Å². The van der Waals surface area contributed by atoms with Crippen LogP contribution >= 0.6 is 11.6 Å². The van der Waals surface area contributed by atoms with Crippen molar-refractivity contribution in [3.8, 4) is 0 Å². The van der Waals surface area contributed by atoms with Crippen LogP contribution in [-0.2, 0) is 6.54 Å². The van der Waals surface area contributed by atoms with Crippen LogP contribution in [0.1, 0.15) is 24.0 Å². The zero-order valence-corrected chi connectivity index (χ0v) is 19.8. The van der Waals surface area contributed by atoms with Gasteiger partial charge >= 0.3 is 0 Å². The molecule has 1 aromatic heterocycles. The number of nitrogens with one attached hydrogen (secondary N) is 1. The van der Waals surface area contributed by atoms with E-state index >= 15 is 0 Å². The Morgan fingerprint density at radius 1 is 1.23 bits per heavy atom. The van der Waals surface area contributed by atoms with Gasteiger partial charge in [0.2, 0.25) is 0 Å². The van der Waals surface area contributed by atoms with Crippen molar-refractivity contribution in [2.45, 2.75) is 31.8 Å². The van der Waals surface area contributed by atoms with E-state index in [-0.39, 0.29) is 5.54 Å². The molecule has 2 aliphatic heterocycles. The summed E-state index contributed by atoms with van der Waals surface area (Å²) in [7, 11) is 6.41. The molecule has 0 amide bonds. The molecule has 31 heavy (non-hydrogen) atoms. The zero-order chi connectivity index (χ0) is 22.0. The van der Waals surface area contributed by atoms with E-state index in [1.54, 1.807) is 0 Å². The van der Waals surface area contributed by atoms with Crippen molar-refractivity contribution in [1.29, 1.82) is 0 Å². The summed E-state index contributed by atoms with van der Waals surface area (Å²) >= 11 is 6.32. The Morgan fingerprint density at radius 3 is 2.71 bits per heavy atom. The fraction of sp³-hybridized carbons (Fsp3) is 0.500. The fourth-order valence-corrected chi connectivity index (χ4v) is 4.67. The topological polar surface area (TPSA) is 47.0 Å². The van der Waals surface area contributed by atoms with Gasteiger partial charge in [-0.05, 0) is 46.5 Å². The number of halogens is 1. The van der Waals surface area contributed by atoms with Gasteiger partial charge in [0.05, 0.1) is 29.7 Å². The number of rotatable bonds is 5. The number of anilines is 2. The molecule has 0 atom stereocenters. The number of hydrogen-bond acceptors (Lipinski definition) is 5. The number of aliphatic imine (C=N–C) groups is 1. The van der Waals surface area contributed by atoms with Crippen molar-refractivity contribution in [3.05, 3.63) is 52.8 Å². The van der Waals surface area contributed by atoms with Crippen LogP contribution in [0, 0.1) is 6.92 Å². The van der Waals surface area contributed by atoms with Crippen LogP contribution in [0.5, 0.6) is 0 Å². The molecule has 1 spiro atoms. The van der Waals surface area contributed by atoms with E-state index in [1.807, 2.05) is 12.3 Å². The molecule has 1 N–H and O–H groups in total. The van der Waals surface area contributed by atoms with Crippen LogP contribution in [0.15, 0.2) is 41.5 Å². The third-order valence-electron chi connectivity index (χ3n) is 6.30. The molecule has 4 rings (SSSR count). The summed E-state index contributed by atoms with van der Waals surface area (Å²) in [6, 6.07) is 10.6. The van der Waals surface area contributed by atoms with Crippen molar-refractivity contribution in [2.24, 2.45) is 4.99 Å². The highest BCUT2D eigenvalue weighted by Crippen LogP contribution is 2.41. The van der Waals surface area contributed by atoms with Crippen LogP contribution < -0.4 is 10.2 Å². The van der Waals surface area contributed by atoms with Gasteiger partial charge in [-0.1, -0.05) is 41.4 Å². The summed E-state index contributed by atoms with van der Waals surface area (Å²) in [5, 5.41) is 4.35. The fourth-order valence-electron chi connectivity index (χ4n) is 4.51. The Balaban J connectivity index is 1.78. The first kappa shape index (κ1) is 22.1. The average molecular weight is 441 g/mol. The number of nitrogens with zero attached hydrogens (tertiary/aromatic N) is 5. The number of pyridine rings is 1. The van der Waals surface area contributed by atoms with Crippen molar-refractivity contribution in [2.75, 3.05) is 57.5 Å². The first-order valence-corrected chi connectivity index (χ1v) is 11.4. The zero-order valence-electron chi connectivity index (χ0n) is 19.0. The maximum Gasteiger partial charge on any atom is 0.131 e. The Morgan fingerprint density at radius 2 is 2.00 bits per heavy atom. The number of benzene rings is 1. The van der Waals surface area contributed by atoms with Crippen LogP contribution in [0.3, 0.4) is 0 Å². The van der Waals surface area contributed by atoms with Gasteiger partial charge in [-0.15, -0.1) is 0 Å². The molecule has 1 saturated heterocycles. The second kappa shape index (κ2) is 9.15. The van der Waals surface area contributed by atoms with Crippen LogP contribution in [0.25, 0.3) is 0 Å². The Labute approximate surface area is 190 Å². The van der Waals surface area contributed by atoms with Crippen molar-refractivity contribution in [3.63, 3.8) is 0 Å². The summed E-state index contributed by atoms with van der Waals surface area (Å²) in [6.07, 6.45) is 3.89. The SMILES string of the molecule is Cc1cccc(CN=C2N(CCN(C)C)c3cc(Cl)ncc3NC23CCN(C)CC3)c1. The molecular weight excluding hydrogens is 408 g/mol. The van der Waals surface area contributed by atoms with E-state index in [9.17, 15) is 0 Å². The molecule has 1 aromatic carbocycles. The lowest BCUT2D eigenvalue weighted by molar-refractivity contribution is 0.238. The highest BCUT2D eigenvalue weighted by atomic mass is 35.5. The van der Waals surface area contributed by atoms with E-state index in [0.29, 0.717) is 11.7 Å². The van der Waals surface area contributed by atoms with Gasteiger partial charge in [-0.3, -0.25) is 4.99 Å². The largest absolute Gasteiger partial charge is 0.370 e. The molecule has 2 aliphatic rings. The van der Waals surface area contributed by atoms with Crippen molar-refractivity contribution < 1.29 is 0 Å². The third-order valence-corrected chi connectivity index (χ3v) is 6.51. The summed E-state index contributed by atoms with van der Waals surface area (Å²) in [5.41, 5.74) is 4.42. The summed E-state index contributed by atoms with van der Waals surface area (Å²) in [4.78, 5) is 16.6. The minimum atomic E-state index is -0.189. The van der Waals surface area contributed by atoms with Gasteiger partial charge in [-0.2, -0.15) is 0 Å². The molecule has 6 nitrogen and oxygen atoms in total. The van der Waals surface area contributed by atoms with E-state index in [1.165, 1.54) is 11.1 Å². The smallest absolute Gasteiger partial charge is 0.131 e. The molecular formula is C24H33ClN6. The van der Waals surface area contributed by atoms with Gasteiger partial charge in [0.15, 0.2) is 0 Å². The average Bonchev–Trinajstić information content (AvgIpc) is 2.73. The molecule has 2 aromatic rings. The second-order valence-electron chi connectivity index (χ2n) is 9.12. The number of fused-ring (bicyclic) bond motifs is 1. The van der Waals surface area contributed by atoms with Crippen molar-refractivity contribution in [1.82, 2.24) is 14.8 Å². The normalized spacial score (nSPS) is 19.7. The van der Waals surface area contributed by atoms with Crippen LogP contribution in [-0.4, -0.2) is 73.5 Å².